The highest BCUT2D eigenvalue weighted by Gasteiger charge is 2.62. The molecule has 6 N–H and O–H groups in total. The van der Waals surface area contributed by atoms with Gasteiger partial charge in [-0.3, -0.25) is 10.2 Å². The van der Waals surface area contributed by atoms with Crippen molar-refractivity contribution in [3.05, 3.63) is 29.3 Å². The predicted octanol–water partition coefficient (Wildman–Crippen LogP) is 2.47. The maximum atomic E-state index is 12.0. The van der Waals surface area contributed by atoms with Gasteiger partial charge in [-0.05, 0) is 89.0 Å². The Morgan fingerprint density at radius 3 is 2.53 bits per heavy atom. The molecule has 0 radical (unpaired) electrons. The number of carbonyl (C=O) groups excluding carboxylic acids is 1. The second-order valence-electron chi connectivity index (χ2n) is 10.9. The second kappa shape index (κ2) is 8.42. The number of aliphatic carboxylic acids is 1. The van der Waals surface area contributed by atoms with E-state index in [-0.39, 0.29) is 23.6 Å². The molecule has 1 aromatic rings. The molecule has 34 heavy (non-hydrogen) atoms. The van der Waals surface area contributed by atoms with Gasteiger partial charge < -0.3 is 25.2 Å². The van der Waals surface area contributed by atoms with Gasteiger partial charge in [0, 0.05) is 17.6 Å². The van der Waals surface area contributed by atoms with Crippen LogP contribution in [0.3, 0.4) is 0 Å². The molecule has 3 atom stereocenters. The predicted molar refractivity (Wildman–Crippen MR) is 124 cm³/mol. The number of carbonyl (C=O) groups is 2. The molecule has 1 aliphatic heterocycles. The standard InChI is InChI=1S/C24H34N4O6/c1-22(2,3)33-21(31)28-17-12-24(17)10-15(11-24)27-19(25)14-5-7-16-13(9-14)6-8-18(32-16)23(4,34-26)20(29)30/h5,7,9,15,17-18H,6,8,10-12,26H2,1-4H3,(H2,25,27)(H,28,31)(H,29,30)/t15?,17-,18+,23-,24?/m0/s1. The van der Waals surface area contributed by atoms with E-state index in [4.69, 9.17) is 25.6 Å². The topological polar surface area (TPSA) is 156 Å². The average Bonchev–Trinajstić information content (AvgIpc) is 3.43. The Morgan fingerprint density at radius 1 is 1.21 bits per heavy atom. The zero-order valence-corrected chi connectivity index (χ0v) is 20.1. The molecule has 2 fully saturated rings. The highest BCUT2D eigenvalue weighted by molar-refractivity contribution is 5.97. The van der Waals surface area contributed by atoms with Gasteiger partial charge in [0.1, 0.15) is 23.3 Å². The van der Waals surface area contributed by atoms with Crippen molar-refractivity contribution in [1.29, 1.82) is 5.41 Å². The van der Waals surface area contributed by atoms with Gasteiger partial charge in [-0.15, -0.1) is 0 Å². The fourth-order valence-electron chi connectivity index (χ4n) is 4.96. The van der Waals surface area contributed by atoms with E-state index >= 15 is 0 Å². The van der Waals surface area contributed by atoms with Crippen molar-refractivity contribution in [2.24, 2.45) is 11.3 Å². The highest BCUT2D eigenvalue weighted by atomic mass is 16.7. The molecular formula is C24H34N4O6. The zero-order valence-electron chi connectivity index (χ0n) is 20.1. The molecule has 1 heterocycles. The zero-order chi connectivity index (χ0) is 24.9. The molecule has 1 spiro atoms. The first kappa shape index (κ1) is 24.3. The van der Waals surface area contributed by atoms with Crippen LogP contribution in [-0.2, 0) is 20.8 Å². The maximum absolute atomic E-state index is 12.0. The number of carboxylic acids is 1. The van der Waals surface area contributed by atoms with Crippen molar-refractivity contribution in [2.45, 2.75) is 89.2 Å². The van der Waals surface area contributed by atoms with E-state index in [9.17, 15) is 14.7 Å². The molecule has 2 saturated carbocycles. The molecule has 0 unspecified atom stereocenters. The summed E-state index contributed by atoms with van der Waals surface area (Å²) < 4.78 is 11.2. The SMILES string of the molecule is CC(C)(C)OC(=O)N[C@H]1CC12CC(NC(=N)c1ccc3c(c1)CC[C@H]([C@](C)(ON)C(=O)O)O3)C2. The van der Waals surface area contributed by atoms with Crippen molar-refractivity contribution in [1.82, 2.24) is 10.6 Å². The van der Waals surface area contributed by atoms with Gasteiger partial charge in [0.15, 0.2) is 0 Å². The van der Waals surface area contributed by atoms with Crippen molar-refractivity contribution < 1.29 is 29.0 Å². The number of nitrogens with one attached hydrogen (secondary N) is 3. The molecule has 186 valence electrons. The lowest BCUT2D eigenvalue weighted by Crippen LogP contribution is -2.54. The van der Waals surface area contributed by atoms with Gasteiger partial charge in [-0.1, -0.05) is 0 Å². The Morgan fingerprint density at radius 2 is 1.91 bits per heavy atom. The van der Waals surface area contributed by atoms with Crippen LogP contribution in [0.4, 0.5) is 4.79 Å². The molecule has 10 nitrogen and oxygen atoms in total. The first-order chi connectivity index (χ1) is 15.8. The lowest BCUT2D eigenvalue weighted by molar-refractivity contribution is -0.179. The quantitative estimate of drug-likeness (QED) is 0.239. The van der Waals surface area contributed by atoms with Crippen LogP contribution in [-0.4, -0.2) is 52.4 Å². The van der Waals surface area contributed by atoms with E-state index in [0.717, 1.165) is 30.4 Å². The smallest absolute Gasteiger partial charge is 0.407 e. The van der Waals surface area contributed by atoms with Crippen molar-refractivity contribution in [3.8, 4) is 5.75 Å². The first-order valence-corrected chi connectivity index (χ1v) is 11.6. The summed E-state index contributed by atoms with van der Waals surface area (Å²) in [6, 6.07) is 5.78. The van der Waals surface area contributed by atoms with Crippen molar-refractivity contribution >= 4 is 17.9 Å². The summed E-state index contributed by atoms with van der Waals surface area (Å²) in [6.07, 6.45) is 2.69. The maximum Gasteiger partial charge on any atom is 0.407 e. The van der Waals surface area contributed by atoms with Crippen LogP contribution < -0.4 is 21.3 Å². The number of aryl methyl sites for hydroxylation is 1. The Kier molecular flexibility index (Phi) is 6.02. The van der Waals surface area contributed by atoms with E-state index in [2.05, 4.69) is 10.6 Å². The van der Waals surface area contributed by atoms with Gasteiger partial charge >= 0.3 is 12.1 Å². The number of amidine groups is 1. The number of alkyl carbamates (subject to hydrolysis) is 1. The number of rotatable bonds is 6. The minimum atomic E-state index is -1.64. The summed E-state index contributed by atoms with van der Waals surface area (Å²) in [6.45, 7) is 6.93. The summed E-state index contributed by atoms with van der Waals surface area (Å²) in [5.74, 6) is 4.98. The molecule has 10 heteroatoms. The van der Waals surface area contributed by atoms with Crippen molar-refractivity contribution in [2.75, 3.05) is 0 Å². The lowest BCUT2D eigenvalue weighted by Gasteiger charge is -2.38. The number of amides is 1. The first-order valence-electron chi connectivity index (χ1n) is 11.6. The van der Waals surface area contributed by atoms with Crippen LogP contribution in [0, 0.1) is 10.8 Å². The van der Waals surface area contributed by atoms with Crippen LogP contribution >= 0.6 is 0 Å². The molecule has 4 rings (SSSR count). The molecule has 2 aliphatic carbocycles. The van der Waals surface area contributed by atoms with Crippen LogP contribution in [0.5, 0.6) is 5.75 Å². The van der Waals surface area contributed by atoms with Crippen LogP contribution in [0.25, 0.3) is 0 Å². The van der Waals surface area contributed by atoms with Gasteiger partial charge in [-0.25, -0.2) is 15.5 Å². The minimum absolute atomic E-state index is 0.120. The molecule has 0 aromatic heterocycles. The number of carboxylic acid groups (broad SMARTS) is 1. The van der Waals surface area contributed by atoms with Crippen LogP contribution in [0.1, 0.15) is 64.5 Å². The summed E-state index contributed by atoms with van der Waals surface area (Å²) >= 11 is 0. The Hall–Kier alpha value is -2.85. The van der Waals surface area contributed by atoms with Gasteiger partial charge in [0.2, 0.25) is 5.60 Å². The van der Waals surface area contributed by atoms with Crippen LogP contribution in [0.2, 0.25) is 0 Å². The van der Waals surface area contributed by atoms with Crippen molar-refractivity contribution in [3.63, 3.8) is 0 Å². The third-order valence-electron chi connectivity index (χ3n) is 7.11. The molecule has 0 bridgehead atoms. The number of hydrogen-bond donors (Lipinski definition) is 5. The van der Waals surface area contributed by atoms with E-state index in [1.165, 1.54) is 6.92 Å². The Labute approximate surface area is 199 Å². The summed E-state index contributed by atoms with van der Waals surface area (Å²) in [5.41, 5.74) is -0.366. The number of fused-ring (bicyclic) bond motifs is 1. The summed E-state index contributed by atoms with van der Waals surface area (Å²) in [7, 11) is 0. The normalized spacial score (nSPS) is 29.0. The van der Waals surface area contributed by atoms with E-state index in [1.807, 2.05) is 26.8 Å². The molecule has 1 aromatic carbocycles. The minimum Gasteiger partial charge on any atom is -0.486 e. The third kappa shape index (κ3) is 4.69. The molecular weight excluding hydrogens is 440 g/mol. The average molecular weight is 475 g/mol. The summed E-state index contributed by atoms with van der Waals surface area (Å²) in [4.78, 5) is 28.3. The third-order valence-corrected chi connectivity index (χ3v) is 7.11. The second-order valence-corrected chi connectivity index (χ2v) is 10.9. The molecule has 3 aliphatic rings. The monoisotopic (exact) mass is 474 g/mol. The van der Waals surface area contributed by atoms with E-state index < -0.39 is 23.3 Å². The van der Waals surface area contributed by atoms with Crippen LogP contribution in [0.15, 0.2) is 18.2 Å². The number of hydrogen-bond acceptors (Lipinski definition) is 7. The Bertz CT molecular complexity index is 1000. The van der Waals surface area contributed by atoms with Gasteiger partial charge in [0.05, 0.1) is 0 Å². The highest BCUT2D eigenvalue weighted by Crippen LogP contribution is 2.60. The van der Waals surface area contributed by atoms with Gasteiger partial charge in [0.25, 0.3) is 0 Å². The lowest BCUT2D eigenvalue weighted by atomic mass is 9.76. The van der Waals surface area contributed by atoms with Gasteiger partial charge in [-0.2, -0.15) is 0 Å². The fourth-order valence-corrected chi connectivity index (χ4v) is 4.96. The number of nitrogens with two attached hydrogens (primary N) is 1. The fraction of sp³-hybridized carbons (Fsp3) is 0.625. The number of benzene rings is 1. The molecule has 1 amide bonds. The number of ether oxygens (including phenoxy) is 2. The summed E-state index contributed by atoms with van der Waals surface area (Å²) in [5, 5.41) is 24.2. The van der Waals surface area contributed by atoms with E-state index in [0.29, 0.717) is 24.4 Å². The Balaban J connectivity index is 1.28. The van der Waals surface area contributed by atoms with E-state index in [1.54, 1.807) is 12.1 Å². The largest absolute Gasteiger partial charge is 0.486 e. The molecule has 0 saturated heterocycles.